The van der Waals surface area contributed by atoms with E-state index >= 15 is 0 Å². The van der Waals surface area contributed by atoms with Gasteiger partial charge in [0, 0.05) is 6.92 Å². The van der Waals surface area contributed by atoms with Crippen LogP contribution in [0.15, 0.2) is 11.6 Å². The Balaban J connectivity index is 1.57. The van der Waals surface area contributed by atoms with Crippen LogP contribution in [0.4, 0.5) is 0 Å². The molecule has 4 heteroatoms. The Bertz CT molecular complexity index is 985. The highest BCUT2D eigenvalue weighted by molar-refractivity contribution is 5.77. The van der Waals surface area contributed by atoms with Crippen LogP contribution in [0.1, 0.15) is 113 Å². The van der Waals surface area contributed by atoms with Crippen molar-refractivity contribution in [3.05, 3.63) is 11.6 Å². The number of esters is 1. The molecule has 5 rings (SSSR count). The molecule has 4 fully saturated rings. The normalized spacial score (nSPS) is 54.2. The van der Waals surface area contributed by atoms with Crippen LogP contribution in [0.2, 0.25) is 0 Å². The second kappa shape index (κ2) is 8.09. The number of carbonyl (C=O) groups excluding carboxylic acids is 1. The molecule has 3 unspecified atom stereocenters. The number of aliphatic carboxylic acids is 1. The predicted molar refractivity (Wildman–Crippen MR) is 142 cm³/mol. The number of fused-ring (bicyclic) bond motifs is 7. The van der Waals surface area contributed by atoms with Crippen molar-refractivity contribution in [1.82, 2.24) is 0 Å². The van der Waals surface area contributed by atoms with Gasteiger partial charge in [-0.05, 0) is 116 Å². The van der Waals surface area contributed by atoms with Crippen LogP contribution in [-0.2, 0) is 14.3 Å². The number of carbonyl (C=O) groups is 2. The fourth-order valence-corrected chi connectivity index (χ4v) is 11.2. The van der Waals surface area contributed by atoms with Crippen molar-refractivity contribution >= 4 is 11.9 Å². The largest absolute Gasteiger partial charge is 0.481 e. The number of ether oxygens (including phenoxy) is 1. The third-order valence-electron chi connectivity index (χ3n) is 13.8. The first kappa shape index (κ1) is 26.3. The summed E-state index contributed by atoms with van der Waals surface area (Å²) in [4.78, 5) is 24.8. The molecule has 0 aromatic heterocycles. The van der Waals surface area contributed by atoms with Gasteiger partial charge in [-0.2, -0.15) is 0 Å². The van der Waals surface area contributed by atoms with Gasteiger partial charge in [-0.15, -0.1) is 0 Å². The van der Waals surface area contributed by atoms with Crippen LogP contribution in [0.3, 0.4) is 0 Å². The fraction of sp³-hybridized carbons (Fsp3) is 0.875. The van der Waals surface area contributed by atoms with E-state index in [1.807, 2.05) is 6.92 Å². The highest BCUT2D eigenvalue weighted by Gasteiger charge is 2.70. The molecule has 36 heavy (non-hydrogen) atoms. The summed E-state index contributed by atoms with van der Waals surface area (Å²) in [5.74, 6) is 1.47. The molecule has 4 saturated carbocycles. The van der Waals surface area contributed by atoms with E-state index in [4.69, 9.17) is 4.74 Å². The molecule has 5 aliphatic rings. The third-order valence-corrected chi connectivity index (χ3v) is 13.8. The van der Waals surface area contributed by atoms with Gasteiger partial charge >= 0.3 is 11.9 Å². The molecule has 1 N–H and O–H groups in total. The van der Waals surface area contributed by atoms with Gasteiger partial charge in [-0.1, -0.05) is 53.2 Å². The average Bonchev–Trinajstić information content (AvgIpc) is 2.79. The minimum atomic E-state index is -1.04. The zero-order valence-electron chi connectivity index (χ0n) is 24.1. The molecule has 202 valence electrons. The maximum absolute atomic E-state index is 12.9. The van der Waals surface area contributed by atoms with Gasteiger partial charge in [-0.25, -0.2) is 0 Å². The van der Waals surface area contributed by atoms with E-state index in [1.54, 1.807) is 5.57 Å². The van der Waals surface area contributed by atoms with Crippen LogP contribution < -0.4 is 0 Å². The predicted octanol–water partition coefficient (Wildman–Crippen LogP) is 7.66. The fourth-order valence-electron chi connectivity index (χ4n) is 11.2. The lowest BCUT2D eigenvalue weighted by Crippen LogP contribution is -2.66. The van der Waals surface area contributed by atoms with Gasteiger partial charge in [0.1, 0.15) is 11.5 Å². The summed E-state index contributed by atoms with van der Waals surface area (Å²) in [6.07, 6.45) is 12.0. The van der Waals surface area contributed by atoms with Gasteiger partial charge < -0.3 is 9.84 Å². The lowest BCUT2D eigenvalue weighted by atomic mass is 9.33. The summed E-state index contributed by atoms with van der Waals surface area (Å²) in [6.45, 7) is 18.4. The Hall–Kier alpha value is -1.32. The van der Waals surface area contributed by atoms with Gasteiger partial charge in [0.25, 0.3) is 0 Å². The second-order valence-corrected chi connectivity index (χ2v) is 15.0. The molecule has 11 atom stereocenters. The topological polar surface area (TPSA) is 63.6 Å². The molecule has 5 aliphatic carbocycles. The zero-order valence-corrected chi connectivity index (χ0v) is 24.1. The Morgan fingerprint density at radius 1 is 0.917 bits per heavy atom. The van der Waals surface area contributed by atoms with Crippen molar-refractivity contribution in [3.8, 4) is 0 Å². The van der Waals surface area contributed by atoms with Gasteiger partial charge in [0.15, 0.2) is 0 Å². The SMILES string of the molecule is CC(=O)OC1CC[C@@]2(C)C(CC[C@]3(C)[C@@H]2CC=C2[C@@H]4[C@@H](C)[C@H](C)CC[C@]4(C)CC[C@]23C)C1(C)C(=O)O. The van der Waals surface area contributed by atoms with Crippen LogP contribution in [0, 0.1) is 56.7 Å². The molecule has 0 bridgehead atoms. The Labute approximate surface area is 219 Å². The number of carboxylic acids is 1. The van der Waals surface area contributed by atoms with Crippen LogP contribution in [0.5, 0.6) is 0 Å². The second-order valence-electron chi connectivity index (χ2n) is 15.0. The van der Waals surface area contributed by atoms with Crippen molar-refractivity contribution in [2.24, 2.45) is 56.7 Å². The van der Waals surface area contributed by atoms with E-state index in [-0.39, 0.29) is 28.1 Å². The monoisotopic (exact) mass is 498 g/mol. The molecule has 0 aliphatic heterocycles. The van der Waals surface area contributed by atoms with Gasteiger partial charge in [0.2, 0.25) is 0 Å². The van der Waals surface area contributed by atoms with Crippen molar-refractivity contribution in [1.29, 1.82) is 0 Å². The first-order valence-corrected chi connectivity index (χ1v) is 14.8. The molecule has 0 saturated heterocycles. The molecule has 0 amide bonds. The molecule has 0 heterocycles. The third kappa shape index (κ3) is 3.17. The zero-order chi connectivity index (χ0) is 26.5. The summed E-state index contributed by atoms with van der Waals surface area (Å²) in [6, 6.07) is 0. The summed E-state index contributed by atoms with van der Waals surface area (Å²) < 4.78 is 5.69. The van der Waals surface area contributed by atoms with Gasteiger partial charge in [-0.3, -0.25) is 9.59 Å². The molecular formula is C32H50O4. The quantitative estimate of drug-likeness (QED) is 0.313. The summed E-state index contributed by atoms with van der Waals surface area (Å²) >= 11 is 0. The number of allylic oxidation sites excluding steroid dienone is 2. The minimum absolute atomic E-state index is 0.0136. The van der Waals surface area contributed by atoms with Crippen molar-refractivity contribution in [2.45, 2.75) is 119 Å². The molecule has 0 spiro atoms. The maximum Gasteiger partial charge on any atom is 0.313 e. The molecular weight excluding hydrogens is 448 g/mol. The Kier molecular flexibility index (Phi) is 5.91. The van der Waals surface area contributed by atoms with Crippen LogP contribution in [0.25, 0.3) is 0 Å². The summed E-state index contributed by atoms with van der Waals surface area (Å²) in [7, 11) is 0. The Morgan fingerprint density at radius 3 is 2.25 bits per heavy atom. The lowest BCUT2D eigenvalue weighted by Gasteiger charge is -2.71. The van der Waals surface area contributed by atoms with Crippen LogP contribution in [-0.4, -0.2) is 23.1 Å². The number of hydrogen-bond acceptors (Lipinski definition) is 3. The molecule has 0 radical (unpaired) electrons. The van der Waals surface area contributed by atoms with E-state index in [1.165, 1.54) is 32.6 Å². The van der Waals surface area contributed by atoms with E-state index < -0.39 is 17.5 Å². The van der Waals surface area contributed by atoms with Gasteiger partial charge in [0.05, 0.1) is 0 Å². The summed E-state index contributed by atoms with van der Waals surface area (Å²) in [5, 5.41) is 10.5. The van der Waals surface area contributed by atoms with Crippen molar-refractivity contribution in [2.75, 3.05) is 0 Å². The van der Waals surface area contributed by atoms with Crippen LogP contribution >= 0.6 is 0 Å². The van der Waals surface area contributed by atoms with E-state index in [2.05, 4.69) is 47.6 Å². The molecule has 4 nitrogen and oxygen atoms in total. The van der Waals surface area contributed by atoms with E-state index in [9.17, 15) is 14.7 Å². The highest BCUT2D eigenvalue weighted by Crippen LogP contribution is 2.75. The maximum atomic E-state index is 12.9. The molecule has 0 aromatic carbocycles. The smallest absolute Gasteiger partial charge is 0.313 e. The number of rotatable bonds is 2. The first-order chi connectivity index (χ1) is 16.6. The number of hydrogen-bond donors (Lipinski definition) is 1. The lowest BCUT2D eigenvalue weighted by molar-refractivity contribution is -0.223. The van der Waals surface area contributed by atoms with E-state index in [0.29, 0.717) is 23.7 Å². The summed E-state index contributed by atoms with van der Waals surface area (Å²) in [5.41, 5.74) is 1.40. The Morgan fingerprint density at radius 2 is 1.61 bits per heavy atom. The van der Waals surface area contributed by atoms with Crippen molar-refractivity contribution in [3.63, 3.8) is 0 Å². The van der Waals surface area contributed by atoms with E-state index in [0.717, 1.165) is 37.5 Å². The average molecular weight is 499 g/mol. The molecule has 0 aromatic rings. The van der Waals surface area contributed by atoms with Crippen molar-refractivity contribution < 1.29 is 19.4 Å². The number of carboxylic acid groups (broad SMARTS) is 1. The first-order valence-electron chi connectivity index (χ1n) is 14.8. The minimum Gasteiger partial charge on any atom is -0.481 e. The highest BCUT2D eigenvalue weighted by atomic mass is 16.5. The standard InChI is InChI=1S/C32H50O4/c1-19-11-14-28(4)17-18-30(6)22(26(28)20(19)2)9-10-23-29(5)15-13-25(36-21(3)33)32(8,27(34)35)24(29)12-16-31(23,30)7/h9,19-20,23-26H,10-18H2,1-8H3,(H,34,35)/t19-,20+,23-,24?,25?,26+,28-,29-,30-,31-,32?/m1/s1.